The zero-order valence-electron chi connectivity index (χ0n) is 11.2. The number of amides is 1. The highest BCUT2D eigenvalue weighted by Gasteiger charge is 2.20. The second-order valence-electron chi connectivity index (χ2n) is 4.14. The fourth-order valence-corrected chi connectivity index (χ4v) is 2.27. The number of ether oxygens (including phenoxy) is 2. The Morgan fingerprint density at radius 2 is 2.15 bits per heavy atom. The number of halogens is 1. The number of hydrazine groups is 1. The highest BCUT2D eigenvalue weighted by atomic mass is 35.5. The predicted octanol–water partition coefficient (Wildman–Crippen LogP) is 1.36. The molecule has 0 spiro atoms. The van der Waals surface area contributed by atoms with Crippen molar-refractivity contribution in [3.8, 4) is 11.5 Å². The number of hydrogen-bond acceptors (Lipinski definition) is 6. The number of fused-ring (bicyclic) bond motifs is 1. The average molecular weight is 320 g/mol. The van der Waals surface area contributed by atoms with E-state index in [1.807, 2.05) is 31.4 Å². The molecular weight excluding hydrogens is 302 g/mol. The summed E-state index contributed by atoms with van der Waals surface area (Å²) in [5.74, 6) is 1.61. The third-order valence-corrected chi connectivity index (χ3v) is 3.26. The molecule has 1 amide bonds. The number of rotatable bonds is 6. The molecule has 1 aliphatic rings. The van der Waals surface area contributed by atoms with Crippen molar-refractivity contribution in [2.45, 2.75) is 19.3 Å². The molecule has 4 N–H and O–H groups in total. The van der Waals surface area contributed by atoms with E-state index in [9.17, 15) is 4.79 Å². The van der Waals surface area contributed by atoms with Crippen molar-refractivity contribution in [2.24, 2.45) is 5.73 Å². The summed E-state index contributed by atoms with van der Waals surface area (Å²) >= 11 is 1.55. The van der Waals surface area contributed by atoms with Crippen molar-refractivity contribution >= 4 is 35.8 Å². The van der Waals surface area contributed by atoms with E-state index >= 15 is 0 Å². The lowest BCUT2D eigenvalue weighted by atomic mass is 10.3. The number of primary amides is 1. The molecule has 1 aromatic rings. The fourth-order valence-electron chi connectivity index (χ4n) is 1.69. The minimum atomic E-state index is -0.431. The quantitative estimate of drug-likeness (QED) is 0.686. The van der Waals surface area contributed by atoms with Gasteiger partial charge in [-0.1, -0.05) is 0 Å². The van der Waals surface area contributed by atoms with Crippen LogP contribution in [-0.2, 0) is 4.79 Å². The van der Waals surface area contributed by atoms with Crippen molar-refractivity contribution in [2.75, 3.05) is 17.4 Å². The normalized spacial score (nSPS) is 17.2. The molecule has 0 bridgehead atoms. The van der Waals surface area contributed by atoms with Gasteiger partial charge in [0.05, 0.1) is 5.69 Å². The average Bonchev–Trinajstić information content (AvgIpc) is 2.73. The van der Waals surface area contributed by atoms with Gasteiger partial charge in [0.25, 0.3) is 0 Å². The van der Waals surface area contributed by atoms with E-state index in [0.29, 0.717) is 17.3 Å². The molecule has 1 aliphatic heterocycles. The van der Waals surface area contributed by atoms with E-state index < -0.39 is 11.9 Å². The van der Waals surface area contributed by atoms with Crippen LogP contribution in [0, 0.1) is 0 Å². The van der Waals surface area contributed by atoms with Gasteiger partial charge in [-0.25, -0.2) is 5.43 Å². The van der Waals surface area contributed by atoms with Gasteiger partial charge in [-0.15, -0.1) is 12.4 Å². The van der Waals surface area contributed by atoms with E-state index in [4.69, 9.17) is 15.2 Å². The second kappa shape index (κ2) is 7.47. The summed E-state index contributed by atoms with van der Waals surface area (Å²) in [5.41, 5.74) is 11.9. The van der Waals surface area contributed by atoms with Crippen LogP contribution >= 0.6 is 24.2 Å². The maximum atomic E-state index is 11.2. The van der Waals surface area contributed by atoms with Crippen molar-refractivity contribution in [1.29, 1.82) is 0 Å². The largest absolute Gasteiger partial charge is 0.451 e. The van der Waals surface area contributed by atoms with Crippen molar-refractivity contribution in [3.05, 3.63) is 18.2 Å². The lowest BCUT2D eigenvalue weighted by Gasteiger charge is -2.16. The Hall–Kier alpha value is -1.31. The van der Waals surface area contributed by atoms with Crippen LogP contribution in [0.25, 0.3) is 0 Å². The highest BCUT2D eigenvalue weighted by molar-refractivity contribution is 7.98. The molecule has 20 heavy (non-hydrogen) atoms. The SMILES string of the molecule is CSC[C@H](NNc1ccc2c(c1)OC(C)O2)C(N)=O.Cl. The zero-order chi connectivity index (χ0) is 13.8. The molecule has 112 valence electrons. The van der Waals surface area contributed by atoms with Crippen LogP contribution in [0.2, 0.25) is 0 Å². The third kappa shape index (κ3) is 4.09. The summed E-state index contributed by atoms with van der Waals surface area (Å²) in [5, 5.41) is 0. The predicted molar refractivity (Wildman–Crippen MR) is 82.5 cm³/mol. The molecule has 0 aromatic heterocycles. The first-order valence-electron chi connectivity index (χ1n) is 5.87. The van der Waals surface area contributed by atoms with E-state index in [-0.39, 0.29) is 18.7 Å². The molecule has 1 aromatic carbocycles. The van der Waals surface area contributed by atoms with Crippen molar-refractivity contribution < 1.29 is 14.3 Å². The van der Waals surface area contributed by atoms with Crippen molar-refractivity contribution in [1.82, 2.24) is 5.43 Å². The summed E-state index contributed by atoms with van der Waals surface area (Å²) in [6.45, 7) is 1.83. The van der Waals surface area contributed by atoms with E-state index in [1.165, 1.54) is 0 Å². The molecule has 0 radical (unpaired) electrons. The molecule has 8 heteroatoms. The van der Waals surface area contributed by atoms with Gasteiger partial charge < -0.3 is 20.6 Å². The third-order valence-electron chi connectivity index (χ3n) is 2.60. The zero-order valence-corrected chi connectivity index (χ0v) is 12.8. The Morgan fingerprint density at radius 1 is 1.45 bits per heavy atom. The summed E-state index contributed by atoms with van der Waals surface area (Å²) in [4.78, 5) is 11.2. The number of carbonyl (C=O) groups excluding carboxylic acids is 1. The number of anilines is 1. The number of carbonyl (C=O) groups is 1. The molecule has 0 aliphatic carbocycles. The number of thioether (sulfide) groups is 1. The Kier molecular flexibility index (Phi) is 6.25. The molecule has 1 unspecified atom stereocenters. The van der Waals surface area contributed by atoms with Gasteiger partial charge in [-0.3, -0.25) is 4.79 Å². The second-order valence-corrected chi connectivity index (χ2v) is 5.06. The van der Waals surface area contributed by atoms with Gasteiger partial charge in [-0.2, -0.15) is 11.8 Å². The summed E-state index contributed by atoms with van der Waals surface area (Å²) < 4.78 is 10.9. The van der Waals surface area contributed by atoms with E-state index in [1.54, 1.807) is 11.8 Å². The Bertz CT molecular complexity index is 475. The number of hydrogen-bond donors (Lipinski definition) is 3. The molecule has 0 saturated heterocycles. The maximum Gasteiger partial charge on any atom is 0.238 e. The monoisotopic (exact) mass is 319 g/mol. The molecule has 2 rings (SSSR count). The Labute approximate surface area is 128 Å². The minimum Gasteiger partial charge on any atom is -0.451 e. The summed E-state index contributed by atoms with van der Waals surface area (Å²) in [6, 6.07) is 5.03. The minimum absolute atomic E-state index is 0. The van der Waals surface area contributed by atoms with Crippen LogP contribution in [0.15, 0.2) is 18.2 Å². The Morgan fingerprint density at radius 3 is 2.80 bits per heavy atom. The lowest BCUT2D eigenvalue weighted by molar-refractivity contribution is -0.119. The first kappa shape index (κ1) is 16.7. The lowest BCUT2D eigenvalue weighted by Crippen LogP contribution is -2.45. The van der Waals surface area contributed by atoms with Crippen molar-refractivity contribution in [3.63, 3.8) is 0 Å². The van der Waals surface area contributed by atoms with Crippen LogP contribution in [0.3, 0.4) is 0 Å². The fraction of sp³-hybridized carbons (Fsp3) is 0.417. The van der Waals surface area contributed by atoms with Gasteiger partial charge >= 0.3 is 0 Å². The van der Waals surface area contributed by atoms with Crippen LogP contribution < -0.4 is 26.1 Å². The van der Waals surface area contributed by atoms with Gasteiger partial charge in [0, 0.05) is 18.7 Å². The topological polar surface area (TPSA) is 85.6 Å². The molecule has 6 nitrogen and oxygen atoms in total. The molecule has 1 heterocycles. The van der Waals surface area contributed by atoms with Gasteiger partial charge in [0.15, 0.2) is 11.5 Å². The molecule has 0 saturated carbocycles. The number of nitrogens with two attached hydrogens (primary N) is 1. The molecule has 0 fully saturated rings. The van der Waals surface area contributed by atoms with Gasteiger partial charge in [0.1, 0.15) is 6.04 Å². The Balaban J connectivity index is 0.00000200. The van der Waals surface area contributed by atoms with E-state index in [0.717, 1.165) is 5.69 Å². The van der Waals surface area contributed by atoms with Crippen LogP contribution in [0.1, 0.15) is 6.92 Å². The smallest absolute Gasteiger partial charge is 0.238 e. The first-order chi connectivity index (χ1) is 9.10. The maximum absolute atomic E-state index is 11.2. The van der Waals surface area contributed by atoms with Crippen LogP contribution in [-0.4, -0.2) is 30.2 Å². The van der Waals surface area contributed by atoms with Crippen LogP contribution in [0.4, 0.5) is 5.69 Å². The summed E-state index contributed by atoms with van der Waals surface area (Å²) in [6.07, 6.45) is 1.65. The number of benzene rings is 1. The van der Waals surface area contributed by atoms with E-state index in [2.05, 4.69) is 10.9 Å². The standard InChI is InChI=1S/C12H17N3O3S.ClH/c1-7-17-10-4-3-8(5-11(10)18-7)14-15-9(6-19-2)12(13)16;/h3-5,7,9,14-15H,6H2,1-2H3,(H2,13,16);1H/t7?,9-;/m0./s1. The van der Waals surface area contributed by atoms with Gasteiger partial charge in [0.2, 0.25) is 12.2 Å². The van der Waals surface area contributed by atoms with Gasteiger partial charge in [-0.05, 0) is 18.4 Å². The highest BCUT2D eigenvalue weighted by Crippen LogP contribution is 2.36. The summed E-state index contributed by atoms with van der Waals surface area (Å²) in [7, 11) is 0. The van der Waals surface area contributed by atoms with Crippen LogP contribution in [0.5, 0.6) is 11.5 Å². The first-order valence-corrected chi connectivity index (χ1v) is 7.26. The molecular formula is C12H18ClN3O3S. The molecule has 2 atom stereocenters. The number of nitrogens with one attached hydrogen (secondary N) is 2.